The number of hydrogen-bond acceptors (Lipinski definition) is 8. The minimum Gasteiger partial charge on any atom is -0.497 e. The minimum absolute atomic E-state index is 0.430. The molecule has 0 aliphatic carbocycles. The number of piperazine rings is 1. The van der Waals surface area contributed by atoms with E-state index in [1.54, 1.807) is 14.2 Å². The lowest BCUT2D eigenvalue weighted by Gasteiger charge is -2.36. The van der Waals surface area contributed by atoms with Gasteiger partial charge < -0.3 is 19.3 Å². The maximum Gasteiger partial charge on any atom is 0.173 e. The Labute approximate surface area is 189 Å². The Morgan fingerprint density at radius 2 is 1.75 bits per heavy atom. The normalized spacial score (nSPS) is 18.8. The SMILES string of the molecule is COc1cccc(CN2C(CCN3CCN(c4cccc(OC)c4)CC3)=NNC2C=O)c1. The standard InChI is InChI=1S/C24H31N5O3/c1-31-21-7-3-5-19(15-21)17-29-23(25-26-24(29)18-30)9-10-27-11-13-28(14-12-27)20-6-4-8-22(16-20)32-2/h3-8,15-16,18,24,26H,9-14,17H2,1-2H3. The third kappa shape index (κ3) is 5.13. The maximum atomic E-state index is 11.6. The fraction of sp³-hybridized carbons (Fsp3) is 0.417. The van der Waals surface area contributed by atoms with E-state index in [0.717, 1.165) is 68.3 Å². The summed E-state index contributed by atoms with van der Waals surface area (Å²) < 4.78 is 10.7. The second kappa shape index (κ2) is 10.4. The first-order chi connectivity index (χ1) is 15.7. The van der Waals surface area contributed by atoms with Crippen molar-refractivity contribution in [3.05, 3.63) is 54.1 Å². The predicted octanol–water partition coefficient (Wildman–Crippen LogP) is 2.16. The first-order valence-corrected chi connectivity index (χ1v) is 11.0. The summed E-state index contributed by atoms with van der Waals surface area (Å²) in [7, 11) is 3.36. The molecule has 0 bridgehead atoms. The monoisotopic (exact) mass is 437 g/mol. The number of aldehydes is 1. The summed E-state index contributed by atoms with van der Waals surface area (Å²) in [4.78, 5) is 18.5. The van der Waals surface area contributed by atoms with Crippen molar-refractivity contribution >= 4 is 17.8 Å². The average molecular weight is 438 g/mol. The van der Waals surface area contributed by atoms with Crippen LogP contribution >= 0.6 is 0 Å². The van der Waals surface area contributed by atoms with Crippen LogP contribution in [-0.4, -0.2) is 75.0 Å². The number of rotatable bonds is 9. The van der Waals surface area contributed by atoms with E-state index in [2.05, 4.69) is 32.5 Å². The van der Waals surface area contributed by atoms with Crippen LogP contribution in [-0.2, 0) is 11.3 Å². The van der Waals surface area contributed by atoms with Crippen molar-refractivity contribution in [3.8, 4) is 11.5 Å². The highest BCUT2D eigenvalue weighted by Gasteiger charge is 2.28. The molecule has 4 rings (SSSR count). The Morgan fingerprint density at radius 3 is 2.47 bits per heavy atom. The lowest BCUT2D eigenvalue weighted by molar-refractivity contribution is -0.111. The molecule has 0 spiro atoms. The predicted molar refractivity (Wildman–Crippen MR) is 125 cm³/mol. The largest absolute Gasteiger partial charge is 0.497 e. The molecule has 1 fully saturated rings. The van der Waals surface area contributed by atoms with E-state index in [1.807, 2.05) is 41.3 Å². The van der Waals surface area contributed by atoms with Crippen LogP contribution in [0.1, 0.15) is 12.0 Å². The van der Waals surface area contributed by atoms with Gasteiger partial charge in [-0.3, -0.25) is 15.1 Å². The van der Waals surface area contributed by atoms with E-state index in [4.69, 9.17) is 9.47 Å². The molecule has 32 heavy (non-hydrogen) atoms. The van der Waals surface area contributed by atoms with Crippen molar-refractivity contribution in [1.29, 1.82) is 0 Å². The first kappa shape index (κ1) is 22.0. The van der Waals surface area contributed by atoms with Crippen molar-refractivity contribution in [1.82, 2.24) is 15.2 Å². The molecule has 1 saturated heterocycles. The van der Waals surface area contributed by atoms with E-state index < -0.39 is 6.17 Å². The van der Waals surface area contributed by atoms with Gasteiger partial charge in [0.1, 0.15) is 17.3 Å². The number of hydrazone groups is 1. The molecule has 2 aromatic rings. The van der Waals surface area contributed by atoms with Crippen LogP contribution in [0.25, 0.3) is 0 Å². The highest BCUT2D eigenvalue weighted by atomic mass is 16.5. The Bertz CT molecular complexity index is 943. The summed E-state index contributed by atoms with van der Waals surface area (Å²) >= 11 is 0. The lowest BCUT2D eigenvalue weighted by atomic mass is 10.1. The molecular weight excluding hydrogens is 406 g/mol. The Hall–Kier alpha value is -3.26. The molecule has 0 amide bonds. The second-order valence-corrected chi connectivity index (χ2v) is 8.00. The number of methoxy groups -OCH3 is 2. The number of carbonyl (C=O) groups is 1. The van der Waals surface area contributed by atoms with Gasteiger partial charge in [0.15, 0.2) is 12.5 Å². The molecule has 1 atom stereocenters. The molecule has 1 unspecified atom stereocenters. The second-order valence-electron chi connectivity index (χ2n) is 8.00. The van der Waals surface area contributed by atoms with Crippen LogP contribution in [0.4, 0.5) is 5.69 Å². The molecule has 2 heterocycles. The van der Waals surface area contributed by atoms with Crippen LogP contribution in [0.2, 0.25) is 0 Å². The lowest BCUT2D eigenvalue weighted by Crippen LogP contribution is -2.47. The molecule has 2 aliphatic rings. The van der Waals surface area contributed by atoms with Gasteiger partial charge in [0.2, 0.25) is 0 Å². The Kier molecular flexibility index (Phi) is 7.11. The van der Waals surface area contributed by atoms with Crippen LogP contribution in [0, 0.1) is 0 Å². The van der Waals surface area contributed by atoms with Gasteiger partial charge in [0.05, 0.1) is 14.2 Å². The third-order valence-corrected chi connectivity index (χ3v) is 6.05. The van der Waals surface area contributed by atoms with E-state index in [1.165, 1.54) is 5.69 Å². The highest BCUT2D eigenvalue weighted by molar-refractivity contribution is 5.86. The maximum absolute atomic E-state index is 11.6. The van der Waals surface area contributed by atoms with Gasteiger partial charge in [-0.15, -0.1) is 0 Å². The van der Waals surface area contributed by atoms with Crippen LogP contribution in [0.3, 0.4) is 0 Å². The number of amidine groups is 1. The fourth-order valence-electron chi connectivity index (χ4n) is 4.19. The van der Waals surface area contributed by atoms with Gasteiger partial charge in [-0.1, -0.05) is 18.2 Å². The van der Waals surface area contributed by atoms with Crippen molar-refractivity contribution in [3.63, 3.8) is 0 Å². The van der Waals surface area contributed by atoms with Crippen molar-refractivity contribution in [2.24, 2.45) is 5.10 Å². The zero-order valence-corrected chi connectivity index (χ0v) is 18.7. The van der Waals surface area contributed by atoms with Crippen LogP contribution < -0.4 is 19.8 Å². The number of ether oxygens (including phenoxy) is 2. The molecular formula is C24H31N5O3. The van der Waals surface area contributed by atoms with Crippen LogP contribution in [0.15, 0.2) is 53.6 Å². The number of hydrogen-bond donors (Lipinski definition) is 1. The summed E-state index contributed by atoms with van der Waals surface area (Å²) in [5.41, 5.74) is 5.24. The van der Waals surface area contributed by atoms with Crippen molar-refractivity contribution in [2.45, 2.75) is 19.1 Å². The number of nitrogens with zero attached hydrogens (tertiary/aromatic N) is 4. The molecule has 0 radical (unpaired) electrons. The van der Waals surface area contributed by atoms with Crippen molar-refractivity contribution < 1.29 is 14.3 Å². The number of carbonyl (C=O) groups excluding carboxylic acids is 1. The highest BCUT2D eigenvalue weighted by Crippen LogP contribution is 2.22. The molecule has 8 heteroatoms. The number of anilines is 1. The molecule has 8 nitrogen and oxygen atoms in total. The van der Waals surface area contributed by atoms with Gasteiger partial charge in [0, 0.05) is 57.4 Å². The topological polar surface area (TPSA) is 69.6 Å². The molecule has 0 aromatic heterocycles. The van der Waals surface area contributed by atoms with E-state index in [0.29, 0.717) is 6.54 Å². The Balaban J connectivity index is 1.31. The molecule has 2 aliphatic heterocycles. The van der Waals surface area contributed by atoms with Crippen LogP contribution in [0.5, 0.6) is 11.5 Å². The average Bonchev–Trinajstić information content (AvgIpc) is 3.24. The van der Waals surface area contributed by atoms with Gasteiger partial charge in [-0.05, 0) is 29.8 Å². The number of benzene rings is 2. The summed E-state index contributed by atoms with van der Waals surface area (Å²) in [6, 6.07) is 16.1. The Morgan fingerprint density at radius 1 is 1.03 bits per heavy atom. The summed E-state index contributed by atoms with van der Waals surface area (Å²) in [5.74, 6) is 2.61. The van der Waals surface area contributed by atoms with Gasteiger partial charge in [0.25, 0.3) is 0 Å². The van der Waals surface area contributed by atoms with Gasteiger partial charge in [-0.2, -0.15) is 5.10 Å². The first-order valence-electron chi connectivity index (χ1n) is 11.0. The van der Waals surface area contributed by atoms with Gasteiger partial charge in [-0.25, -0.2) is 0 Å². The summed E-state index contributed by atoms with van der Waals surface area (Å²) in [6.45, 7) is 5.45. The fourth-order valence-corrected chi connectivity index (χ4v) is 4.19. The van der Waals surface area contributed by atoms with Crippen molar-refractivity contribution in [2.75, 3.05) is 51.8 Å². The van der Waals surface area contributed by atoms with E-state index >= 15 is 0 Å². The smallest absolute Gasteiger partial charge is 0.173 e. The zero-order valence-electron chi connectivity index (χ0n) is 18.7. The van der Waals surface area contributed by atoms with E-state index in [9.17, 15) is 4.79 Å². The molecule has 0 saturated carbocycles. The molecule has 1 N–H and O–H groups in total. The summed E-state index contributed by atoms with van der Waals surface area (Å²) in [6.07, 6.45) is 1.27. The zero-order chi connectivity index (χ0) is 22.3. The third-order valence-electron chi connectivity index (χ3n) is 6.05. The molecule has 170 valence electrons. The van der Waals surface area contributed by atoms with E-state index in [-0.39, 0.29) is 0 Å². The molecule has 2 aromatic carbocycles. The summed E-state index contributed by atoms with van der Waals surface area (Å²) in [5, 5.41) is 4.45. The minimum atomic E-state index is -0.430. The number of nitrogens with one attached hydrogen (secondary N) is 1. The van der Waals surface area contributed by atoms with Gasteiger partial charge >= 0.3 is 0 Å². The quantitative estimate of drug-likeness (QED) is 0.603.